The van der Waals surface area contributed by atoms with Gasteiger partial charge in [0.2, 0.25) is 0 Å². The SMILES string of the molecule is C=CCC1C(C)C(F)(F)C1(F)F. The standard InChI is InChI=1S/C8H10F4/c1-3-4-6-5(2)7(9,10)8(6,11)12/h3,5-6H,1,4H2,2H3. The molecule has 0 heterocycles. The molecule has 2 atom stereocenters. The molecule has 0 bridgehead atoms. The van der Waals surface area contributed by atoms with Crippen molar-refractivity contribution in [2.45, 2.75) is 25.2 Å². The molecular formula is C8H10F4. The van der Waals surface area contributed by atoms with Gasteiger partial charge in [-0.05, 0) is 6.42 Å². The summed E-state index contributed by atoms with van der Waals surface area (Å²) in [5, 5.41) is 0. The van der Waals surface area contributed by atoms with Crippen LogP contribution in [0.25, 0.3) is 0 Å². The minimum atomic E-state index is -3.85. The lowest BCUT2D eigenvalue weighted by Gasteiger charge is -2.49. The first-order valence-electron chi connectivity index (χ1n) is 3.72. The molecule has 0 nitrogen and oxygen atoms in total. The Bertz CT molecular complexity index is 197. The van der Waals surface area contributed by atoms with E-state index in [-0.39, 0.29) is 6.42 Å². The van der Waals surface area contributed by atoms with Gasteiger partial charge in [-0.15, -0.1) is 6.58 Å². The number of hydrogen-bond acceptors (Lipinski definition) is 0. The maximum atomic E-state index is 12.6. The van der Waals surface area contributed by atoms with Gasteiger partial charge in [0.05, 0.1) is 0 Å². The smallest absolute Gasteiger partial charge is 0.200 e. The Balaban J connectivity index is 2.77. The molecule has 12 heavy (non-hydrogen) atoms. The third-order valence-electron chi connectivity index (χ3n) is 2.51. The zero-order valence-electron chi connectivity index (χ0n) is 6.66. The van der Waals surface area contributed by atoms with Crippen LogP contribution in [0.15, 0.2) is 12.7 Å². The summed E-state index contributed by atoms with van der Waals surface area (Å²) in [5.74, 6) is -10.2. The molecule has 0 aromatic carbocycles. The van der Waals surface area contributed by atoms with Crippen LogP contribution in [-0.2, 0) is 0 Å². The van der Waals surface area contributed by atoms with Crippen LogP contribution in [0, 0.1) is 11.8 Å². The van der Waals surface area contributed by atoms with Crippen LogP contribution < -0.4 is 0 Å². The topological polar surface area (TPSA) is 0 Å². The third kappa shape index (κ3) is 0.898. The average Bonchev–Trinajstić information content (AvgIpc) is 1.98. The largest absolute Gasteiger partial charge is 0.314 e. The summed E-state index contributed by atoms with van der Waals surface area (Å²) in [5.41, 5.74) is 0. The lowest BCUT2D eigenvalue weighted by atomic mass is 9.66. The van der Waals surface area contributed by atoms with Gasteiger partial charge in [0, 0.05) is 11.8 Å². The average molecular weight is 182 g/mol. The number of rotatable bonds is 2. The molecule has 1 saturated carbocycles. The molecule has 0 aliphatic heterocycles. The summed E-state index contributed by atoms with van der Waals surface area (Å²) >= 11 is 0. The second-order valence-electron chi connectivity index (χ2n) is 3.17. The zero-order chi connectivity index (χ0) is 9.57. The first kappa shape index (κ1) is 9.55. The van der Waals surface area contributed by atoms with E-state index < -0.39 is 23.7 Å². The molecule has 4 heteroatoms. The Morgan fingerprint density at radius 2 is 1.75 bits per heavy atom. The molecule has 0 radical (unpaired) electrons. The Kier molecular flexibility index (Phi) is 1.97. The number of hydrogen-bond donors (Lipinski definition) is 0. The number of alkyl halides is 4. The quantitative estimate of drug-likeness (QED) is 0.454. The van der Waals surface area contributed by atoms with Crippen molar-refractivity contribution in [1.82, 2.24) is 0 Å². The lowest BCUT2D eigenvalue weighted by Crippen LogP contribution is -2.65. The van der Waals surface area contributed by atoms with Crippen LogP contribution in [0.4, 0.5) is 17.6 Å². The van der Waals surface area contributed by atoms with Gasteiger partial charge in [-0.25, -0.2) is 0 Å². The fourth-order valence-corrected chi connectivity index (χ4v) is 1.55. The predicted octanol–water partition coefficient (Wildman–Crippen LogP) is 3.10. The Hall–Kier alpha value is -0.540. The number of halogens is 4. The van der Waals surface area contributed by atoms with E-state index in [2.05, 4.69) is 6.58 Å². The molecule has 0 spiro atoms. The van der Waals surface area contributed by atoms with Crippen molar-refractivity contribution in [1.29, 1.82) is 0 Å². The molecule has 0 aromatic heterocycles. The van der Waals surface area contributed by atoms with Gasteiger partial charge in [-0.3, -0.25) is 0 Å². The van der Waals surface area contributed by atoms with Gasteiger partial charge >= 0.3 is 11.8 Å². The van der Waals surface area contributed by atoms with Crippen LogP contribution in [-0.4, -0.2) is 11.8 Å². The van der Waals surface area contributed by atoms with Crippen molar-refractivity contribution in [2.24, 2.45) is 11.8 Å². The summed E-state index contributed by atoms with van der Waals surface area (Å²) in [6, 6.07) is 0. The van der Waals surface area contributed by atoms with Crippen LogP contribution in [0.1, 0.15) is 13.3 Å². The van der Waals surface area contributed by atoms with Gasteiger partial charge in [-0.2, -0.15) is 17.6 Å². The van der Waals surface area contributed by atoms with E-state index in [1.54, 1.807) is 0 Å². The van der Waals surface area contributed by atoms with E-state index in [1.807, 2.05) is 0 Å². The molecule has 70 valence electrons. The second kappa shape index (κ2) is 2.47. The monoisotopic (exact) mass is 182 g/mol. The Morgan fingerprint density at radius 1 is 1.25 bits per heavy atom. The summed E-state index contributed by atoms with van der Waals surface area (Å²) in [6.45, 7) is 4.40. The summed E-state index contributed by atoms with van der Waals surface area (Å²) in [6.07, 6.45) is 1.20. The first-order valence-corrected chi connectivity index (χ1v) is 3.72. The van der Waals surface area contributed by atoms with Gasteiger partial charge in [0.1, 0.15) is 0 Å². The maximum Gasteiger partial charge on any atom is 0.314 e. The molecule has 1 fully saturated rings. The van der Waals surface area contributed by atoms with E-state index in [0.29, 0.717) is 0 Å². The summed E-state index contributed by atoms with van der Waals surface area (Å²) < 4.78 is 50.2. The third-order valence-corrected chi connectivity index (χ3v) is 2.51. The highest BCUT2D eigenvalue weighted by Crippen LogP contribution is 2.60. The Morgan fingerprint density at radius 3 is 2.08 bits per heavy atom. The van der Waals surface area contributed by atoms with E-state index in [0.717, 1.165) is 6.92 Å². The maximum absolute atomic E-state index is 12.6. The van der Waals surface area contributed by atoms with Gasteiger partial charge in [0.25, 0.3) is 0 Å². The summed E-state index contributed by atoms with van der Waals surface area (Å²) in [4.78, 5) is 0. The molecule has 0 N–H and O–H groups in total. The van der Waals surface area contributed by atoms with Crippen molar-refractivity contribution in [3.8, 4) is 0 Å². The molecular weight excluding hydrogens is 172 g/mol. The van der Waals surface area contributed by atoms with E-state index in [9.17, 15) is 17.6 Å². The van der Waals surface area contributed by atoms with Gasteiger partial charge in [-0.1, -0.05) is 13.0 Å². The minimum absolute atomic E-state index is 0.0518. The minimum Gasteiger partial charge on any atom is -0.200 e. The molecule has 2 unspecified atom stereocenters. The lowest BCUT2D eigenvalue weighted by molar-refractivity contribution is -0.348. The van der Waals surface area contributed by atoms with E-state index in [4.69, 9.17) is 0 Å². The molecule has 0 amide bonds. The van der Waals surface area contributed by atoms with Crippen molar-refractivity contribution in [3.05, 3.63) is 12.7 Å². The molecule has 1 aliphatic rings. The highest BCUT2D eigenvalue weighted by Gasteiger charge is 2.75. The van der Waals surface area contributed by atoms with Crippen molar-refractivity contribution in [3.63, 3.8) is 0 Å². The molecule has 0 aromatic rings. The van der Waals surface area contributed by atoms with Gasteiger partial charge < -0.3 is 0 Å². The number of allylic oxidation sites excluding steroid dienone is 1. The van der Waals surface area contributed by atoms with Crippen LogP contribution in [0.3, 0.4) is 0 Å². The second-order valence-corrected chi connectivity index (χ2v) is 3.17. The first-order chi connectivity index (χ1) is 5.35. The van der Waals surface area contributed by atoms with Crippen molar-refractivity contribution >= 4 is 0 Å². The summed E-state index contributed by atoms with van der Waals surface area (Å²) in [7, 11) is 0. The van der Waals surface area contributed by atoms with E-state index >= 15 is 0 Å². The van der Waals surface area contributed by atoms with Crippen molar-refractivity contribution in [2.75, 3.05) is 0 Å². The van der Waals surface area contributed by atoms with Gasteiger partial charge in [0.15, 0.2) is 0 Å². The van der Waals surface area contributed by atoms with Crippen LogP contribution >= 0.6 is 0 Å². The molecule has 1 rings (SSSR count). The predicted molar refractivity (Wildman–Crippen MR) is 37.4 cm³/mol. The van der Waals surface area contributed by atoms with Crippen molar-refractivity contribution < 1.29 is 17.6 Å². The Labute approximate surface area is 68.3 Å². The van der Waals surface area contributed by atoms with Crippen LogP contribution in [0.5, 0.6) is 0 Å². The zero-order valence-corrected chi connectivity index (χ0v) is 6.66. The highest BCUT2D eigenvalue weighted by atomic mass is 19.3. The normalized spacial score (nSPS) is 37.1. The van der Waals surface area contributed by atoms with E-state index in [1.165, 1.54) is 6.08 Å². The fourth-order valence-electron chi connectivity index (χ4n) is 1.55. The highest BCUT2D eigenvalue weighted by molar-refractivity contribution is 5.09. The fraction of sp³-hybridized carbons (Fsp3) is 0.750. The molecule has 1 aliphatic carbocycles. The molecule has 0 saturated heterocycles. The van der Waals surface area contributed by atoms with Crippen LogP contribution in [0.2, 0.25) is 0 Å².